The summed E-state index contributed by atoms with van der Waals surface area (Å²) in [6.45, 7) is 0. The quantitative estimate of drug-likeness (QED) is 0.703. The Balaban J connectivity index is 1.64. The zero-order valence-electron chi connectivity index (χ0n) is 13.3. The van der Waals surface area contributed by atoms with Crippen LogP contribution in [-0.4, -0.2) is 22.4 Å². The molecule has 7 heteroatoms. The summed E-state index contributed by atoms with van der Waals surface area (Å²) in [5.74, 6) is 0.632. The first kappa shape index (κ1) is 16.8. The van der Waals surface area contributed by atoms with Gasteiger partial charge in [-0.1, -0.05) is 12.1 Å². The van der Waals surface area contributed by atoms with Gasteiger partial charge < -0.3 is 4.74 Å². The maximum absolute atomic E-state index is 12.8. The highest BCUT2D eigenvalue weighted by Gasteiger charge is 2.08. The molecule has 0 saturated heterocycles. The number of nitrogens with zero attached hydrogens (tertiary/aromatic N) is 2. The molecule has 0 unspecified atom stereocenters. The third-order valence-electron chi connectivity index (χ3n) is 3.30. The van der Waals surface area contributed by atoms with Crippen LogP contribution in [0.1, 0.15) is 5.56 Å². The monoisotopic (exact) mass is 355 g/mol. The van der Waals surface area contributed by atoms with E-state index in [1.54, 1.807) is 25.3 Å². The van der Waals surface area contributed by atoms with E-state index in [9.17, 15) is 9.18 Å². The van der Waals surface area contributed by atoms with Crippen molar-refractivity contribution >= 4 is 28.6 Å². The predicted molar refractivity (Wildman–Crippen MR) is 96.0 cm³/mol. The van der Waals surface area contributed by atoms with Gasteiger partial charge in [0.05, 0.1) is 7.11 Å². The zero-order valence-corrected chi connectivity index (χ0v) is 14.1. The summed E-state index contributed by atoms with van der Waals surface area (Å²) >= 11 is 1.10. The number of methoxy groups -OCH3 is 1. The SMILES string of the molecule is COc1ccc(-c2nsc(NC(=O)/C=C/c3ccc(F)cc3)n2)cc1. The first-order chi connectivity index (χ1) is 12.1. The van der Waals surface area contributed by atoms with Gasteiger partial charge in [0.25, 0.3) is 0 Å². The van der Waals surface area contributed by atoms with E-state index in [4.69, 9.17) is 4.74 Å². The van der Waals surface area contributed by atoms with Gasteiger partial charge in [-0.05, 0) is 48.0 Å². The summed E-state index contributed by atoms with van der Waals surface area (Å²) in [6.07, 6.45) is 2.96. The average molecular weight is 355 g/mol. The number of hydrogen-bond donors (Lipinski definition) is 1. The van der Waals surface area contributed by atoms with Crippen molar-refractivity contribution in [3.8, 4) is 17.1 Å². The maximum atomic E-state index is 12.8. The molecule has 25 heavy (non-hydrogen) atoms. The van der Waals surface area contributed by atoms with Gasteiger partial charge in [0.1, 0.15) is 11.6 Å². The second-order valence-electron chi connectivity index (χ2n) is 5.03. The number of hydrogen-bond acceptors (Lipinski definition) is 5. The molecule has 0 aliphatic carbocycles. The number of aromatic nitrogens is 2. The van der Waals surface area contributed by atoms with Crippen LogP contribution >= 0.6 is 11.5 Å². The Kier molecular flexibility index (Phi) is 5.15. The Morgan fingerprint density at radius 3 is 2.56 bits per heavy atom. The lowest BCUT2D eigenvalue weighted by Crippen LogP contribution is -2.07. The second-order valence-corrected chi connectivity index (χ2v) is 5.78. The molecule has 2 aromatic carbocycles. The molecule has 1 N–H and O–H groups in total. The van der Waals surface area contributed by atoms with Gasteiger partial charge in [-0.3, -0.25) is 10.1 Å². The molecule has 1 heterocycles. The molecule has 0 aliphatic rings. The standard InChI is InChI=1S/C18H14FN3O2S/c1-24-15-9-5-13(6-10-15)17-21-18(25-22-17)20-16(23)11-4-12-2-7-14(19)8-3-12/h2-11H,1H3,(H,20,21,22,23)/b11-4+. The number of carbonyl (C=O) groups excluding carboxylic acids is 1. The summed E-state index contributed by atoms with van der Waals surface area (Å²) in [6, 6.07) is 13.2. The van der Waals surface area contributed by atoms with Crippen molar-refractivity contribution in [2.45, 2.75) is 0 Å². The highest BCUT2D eigenvalue weighted by molar-refractivity contribution is 7.10. The van der Waals surface area contributed by atoms with Crippen LogP contribution < -0.4 is 10.1 Å². The summed E-state index contributed by atoms with van der Waals surface area (Å²) in [4.78, 5) is 16.2. The molecule has 3 aromatic rings. The molecule has 126 valence electrons. The van der Waals surface area contributed by atoms with Gasteiger partial charge in [-0.25, -0.2) is 4.39 Å². The van der Waals surface area contributed by atoms with Crippen molar-refractivity contribution in [1.82, 2.24) is 9.36 Å². The largest absolute Gasteiger partial charge is 0.497 e. The topological polar surface area (TPSA) is 64.1 Å². The number of carbonyl (C=O) groups is 1. The number of halogens is 1. The maximum Gasteiger partial charge on any atom is 0.250 e. The molecule has 1 aromatic heterocycles. The molecule has 1 amide bonds. The lowest BCUT2D eigenvalue weighted by Gasteiger charge is -1.99. The first-order valence-electron chi connectivity index (χ1n) is 7.37. The Morgan fingerprint density at radius 1 is 1.16 bits per heavy atom. The Morgan fingerprint density at radius 2 is 1.88 bits per heavy atom. The molecular weight excluding hydrogens is 341 g/mol. The van der Waals surface area contributed by atoms with Gasteiger partial charge in [-0.2, -0.15) is 9.36 Å². The third kappa shape index (κ3) is 4.48. The van der Waals surface area contributed by atoms with E-state index in [0.717, 1.165) is 28.4 Å². The van der Waals surface area contributed by atoms with E-state index in [1.807, 2.05) is 24.3 Å². The van der Waals surface area contributed by atoms with Crippen LogP contribution in [-0.2, 0) is 4.79 Å². The summed E-state index contributed by atoms with van der Waals surface area (Å²) in [7, 11) is 1.60. The zero-order chi connectivity index (χ0) is 17.6. The molecule has 0 fully saturated rings. The highest BCUT2D eigenvalue weighted by atomic mass is 32.1. The van der Waals surface area contributed by atoms with Gasteiger partial charge >= 0.3 is 0 Å². The smallest absolute Gasteiger partial charge is 0.250 e. The van der Waals surface area contributed by atoms with Crippen LogP contribution in [0.2, 0.25) is 0 Å². The molecule has 0 atom stereocenters. The third-order valence-corrected chi connectivity index (χ3v) is 3.93. The van der Waals surface area contributed by atoms with Crippen LogP contribution in [0.3, 0.4) is 0 Å². The Bertz CT molecular complexity index is 889. The minimum atomic E-state index is -0.332. The lowest BCUT2D eigenvalue weighted by atomic mass is 10.2. The van der Waals surface area contributed by atoms with E-state index in [1.165, 1.54) is 18.2 Å². The van der Waals surface area contributed by atoms with E-state index >= 15 is 0 Å². The number of ether oxygens (including phenoxy) is 1. The molecule has 5 nitrogen and oxygen atoms in total. The summed E-state index contributed by atoms with van der Waals surface area (Å²) in [5.41, 5.74) is 1.56. The van der Waals surface area contributed by atoms with E-state index in [2.05, 4.69) is 14.7 Å². The van der Waals surface area contributed by atoms with Gasteiger partial charge in [-0.15, -0.1) is 0 Å². The molecule has 0 spiro atoms. The molecule has 0 bridgehead atoms. The van der Waals surface area contributed by atoms with Crippen LogP contribution in [0.4, 0.5) is 9.52 Å². The Labute approximate surface area is 148 Å². The van der Waals surface area contributed by atoms with Gasteiger partial charge in [0.2, 0.25) is 11.0 Å². The van der Waals surface area contributed by atoms with Gasteiger partial charge in [0.15, 0.2) is 5.82 Å². The lowest BCUT2D eigenvalue weighted by molar-refractivity contribution is -0.111. The minimum Gasteiger partial charge on any atom is -0.497 e. The van der Waals surface area contributed by atoms with Crippen molar-refractivity contribution in [2.75, 3.05) is 12.4 Å². The van der Waals surface area contributed by atoms with Gasteiger partial charge in [0, 0.05) is 23.2 Å². The normalized spacial score (nSPS) is 10.8. The van der Waals surface area contributed by atoms with Crippen molar-refractivity contribution < 1.29 is 13.9 Å². The van der Waals surface area contributed by atoms with E-state index in [0.29, 0.717) is 11.0 Å². The predicted octanol–water partition coefficient (Wildman–Crippen LogP) is 4.00. The molecule has 0 aliphatic heterocycles. The number of nitrogens with one attached hydrogen (secondary N) is 1. The number of amides is 1. The number of anilines is 1. The van der Waals surface area contributed by atoms with E-state index in [-0.39, 0.29) is 11.7 Å². The van der Waals surface area contributed by atoms with E-state index < -0.39 is 0 Å². The van der Waals surface area contributed by atoms with Crippen molar-refractivity contribution in [3.63, 3.8) is 0 Å². The fourth-order valence-corrected chi connectivity index (χ4v) is 2.62. The fraction of sp³-hybridized carbons (Fsp3) is 0.0556. The number of benzene rings is 2. The van der Waals surface area contributed by atoms with Crippen LogP contribution in [0.25, 0.3) is 17.5 Å². The second kappa shape index (κ2) is 7.67. The van der Waals surface area contributed by atoms with Crippen LogP contribution in [0.15, 0.2) is 54.6 Å². The van der Waals surface area contributed by atoms with Crippen LogP contribution in [0.5, 0.6) is 5.75 Å². The molecule has 0 radical (unpaired) electrons. The summed E-state index contributed by atoms with van der Waals surface area (Å²) < 4.78 is 22.2. The number of rotatable bonds is 5. The molecule has 0 saturated carbocycles. The summed E-state index contributed by atoms with van der Waals surface area (Å²) in [5, 5.41) is 3.06. The Hall–Kier alpha value is -3.06. The molecular formula is C18H14FN3O2S. The van der Waals surface area contributed by atoms with Crippen molar-refractivity contribution in [2.24, 2.45) is 0 Å². The van der Waals surface area contributed by atoms with Crippen molar-refractivity contribution in [3.05, 3.63) is 66.0 Å². The highest BCUT2D eigenvalue weighted by Crippen LogP contribution is 2.23. The first-order valence-corrected chi connectivity index (χ1v) is 8.14. The average Bonchev–Trinajstić information content (AvgIpc) is 3.10. The molecule has 3 rings (SSSR count). The minimum absolute atomic E-state index is 0.318. The van der Waals surface area contributed by atoms with Crippen LogP contribution in [0, 0.1) is 5.82 Å². The van der Waals surface area contributed by atoms with Crippen molar-refractivity contribution in [1.29, 1.82) is 0 Å². The fourth-order valence-electron chi connectivity index (χ4n) is 2.02.